The fourth-order valence-corrected chi connectivity index (χ4v) is 4.03. The Kier molecular flexibility index (Phi) is 5.50. The van der Waals surface area contributed by atoms with Crippen LogP contribution < -0.4 is 5.73 Å². The van der Waals surface area contributed by atoms with Crippen molar-refractivity contribution in [3.63, 3.8) is 0 Å². The van der Waals surface area contributed by atoms with E-state index in [2.05, 4.69) is 18.7 Å². The lowest BCUT2D eigenvalue weighted by Gasteiger charge is -2.41. The summed E-state index contributed by atoms with van der Waals surface area (Å²) in [6.45, 7) is 8.25. The number of rotatable bonds is 4. The lowest BCUT2D eigenvalue weighted by Crippen LogP contribution is -2.44. The van der Waals surface area contributed by atoms with E-state index in [-0.39, 0.29) is 0 Å². The molecular formula is C16H32N2. The molecule has 0 aromatic rings. The Labute approximate surface area is 113 Å². The van der Waals surface area contributed by atoms with Crippen molar-refractivity contribution in [2.24, 2.45) is 23.5 Å². The van der Waals surface area contributed by atoms with E-state index in [4.69, 9.17) is 5.73 Å². The van der Waals surface area contributed by atoms with Crippen molar-refractivity contribution >= 4 is 0 Å². The van der Waals surface area contributed by atoms with Gasteiger partial charge in [-0.25, -0.2) is 0 Å². The first-order valence-corrected chi connectivity index (χ1v) is 8.13. The third-order valence-electron chi connectivity index (χ3n) is 5.06. The molecule has 1 aliphatic heterocycles. The second-order valence-corrected chi connectivity index (χ2v) is 7.03. The van der Waals surface area contributed by atoms with Gasteiger partial charge in [-0.3, -0.25) is 0 Å². The van der Waals surface area contributed by atoms with Crippen LogP contribution in [0.15, 0.2) is 0 Å². The third-order valence-corrected chi connectivity index (χ3v) is 5.06. The topological polar surface area (TPSA) is 29.3 Å². The van der Waals surface area contributed by atoms with Gasteiger partial charge in [0, 0.05) is 6.04 Å². The zero-order valence-corrected chi connectivity index (χ0v) is 12.4. The SMILES string of the molecule is CC(C)CC1CCCC(N2CCC(CN)CC2)C1. The average molecular weight is 252 g/mol. The van der Waals surface area contributed by atoms with Crippen LogP contribution in [0, 0.1) is 17.8 Å². The molecule has 0 aromatic heterocycles. The molecule has 0 amide bonds. The molecular weight excluding hydrogens is 220 g/mol. The minimum atomic E-state index is 0.802. The van der Waals surface area contributed by atoms with Gasteiger partial charge in [0.05, 0.1) is 0 Å². The smallest absolute Gasteiger partial charge is 0.00979 e. The molecule has 2 aliphatic rings. The second kappa shape index (κ2) is 6.91. The van der Waals surface area contributed by atoms with Crippen LogP contribution in [0.2, 0.25) is 0 Å². The minimum absolute atomic E-state index is 0.802. The predicted molar refractivity (Wildman–Crippen MR) is 78.6 cm³/mol. The number of nitrogens with zero attached hydrogens (tertiary/aromatic N) is 1. The number of nitrogens with two attached hydrogens (primary N) is 1. The van der Waals surface area contributed by atoms with E-state index < -0.39 is 0 Å². The molecule has 2 nitrogen and oxygen atoms in total. The molecule has 18 heavy (non-hydrogen) atoms. The Bertz CT molecular complexity index is 231. The van der Waals surface area contributed by atoms with Gasteiger partial charge in [-0.15, -0.1) is 0 Å². The number of piperidine rings is 1. The highest BCUT2D eigenvalue weighted by Gasteiger charge is 2.29. The van der Waals surface area contributed by atoms with Crippen LogP contribution in [0.4, 0.5) is 0 Å². The van der Waals surface area contributed by atoms with Crippen LogP contribution >= 0.6 is 0 Å². The number of hydrogen-bond donors (Lipinski definition) is 1. The molecule has 2 heteroatoms. The van der Waals surface area contributed by atoms with Gasteiger partial charge in [-0.2, -0.15) is 0 Å². The van der Waals surface area contributed by atoms with Crippen molar-refractivity contribution in [1.82, 2.24) is 4.90 Å². The lowest BCUT2D eigenvalue weighted by atomic mass is 9.80. The summed E-state index contributed by atoms with van der Waals surface area (Å²) in [7, 11) is 0. The largest absolute Gasteiger partial charge is 0.330 e. The van der Waals surface area contributed by atoms with E-state index in [0.29, 0.717) is 0 Å². The molecule has 0 aromatic carbocycles. The Morgan fingerprint density at radius 1 is 1.06 bits per heavy atom. The van der Waals surface area contributed by atoms with Crippen LogP contribution in [0.3, 0.4) is 0 Å². The first-order valence-electron chi connectivity index (χ1n) is 8.13. The fraction of sp³-hybridized carbons (Fsp3) is 1.00. The van der Waals surface area contributed by atoms with Gasteiger partial charge >= 0.3 is 0 Å². The Balaban J connectivity index is 1.78. The lowest BCUT2D eigenvalue weighted by molar-refractivity contribution is 0.0865. The van der Waals surface area contributed by atoms with Gasteiger partial charge in [-0.05, 0) is 69.5 Å². The van der Waals surface area contributed by atoms with Crippen molar-refractivity contribution in [2.75, 3.05) is 19.6 Å². The highest BCUT2D eigenvalue weighted by molar-refractivity contribution is 4.84. The molecule has 2 unspecified atom stereocenters. The summed E-state index contributed by atoms with van der Waals surface area (Å²) in [4.78, 5) is 2.78. The zero-order valence-electron chi connectivity index (χ0n) is 12.4. The van der Waals surface area contributed by atoms with Crippen molar-refractivity contribution in [1.29, 1.82) is 0 Å². The van der Waals surface area contributed by atoms with E-state index in [1.54, 1.807) is 0 Å². The summed E-state index contributed by atoms with van der Waals surface area (Å²) < 4.78 is 0. The highest BCUT2D eigenvalue weighted by atomic mass is 15.2. The monoisotopic (exact) mass is 252 g/mol. The number of hydrogen-bond acceptors (Lipinski definition) is 2. The maximum Gasteiger partial charge on any atom is 0.00979 e. The van der Waals surface area contributed by atoms with Crippen LogP contribution in [-0.4, -0.2) is 30.6 Å². The summed E-state index contributed by atoms with van der Waals surface area (Å²) >= 11 is 0. The van der Waals surface area contributed by atoms with Crippen molar-refractivity contribution in [3.05, 3.63) is 0 Å². The Morgan fingerprint density at radius 2 is 1.78 bits per heavy atom. The van der Waals surface area contributed by atoms with E-state index in [0.717, 1.165) is 30.3 Å². The fourth-order valence-electron chi connectivity index (χ4n) is 4.03. The minimum Gasteiger partial charge on any atom is -0.330 e. The molecule has 1 saturated carbocycles. The van der Waals surface area contributed by atoms with Crippen molar-refractivity contribution in [3.8, 4) is 0 Å². The summed E-state index contributed by atoms with van der Waals surface area (Å²) in [5, 5.41) is 0. The molecule has 1 heterocycles. The van der Waals surface area contributed by atoms with Crippen LogP contribution in [0.5, 0.6) is 0 Å². The van der Waals surface area contributed by atoms with E-state index in [1.807, 2.05) is 0 Å². The quantitative estimate of drug-likeness (QED) is 0.832. The van der Waals surface area contributed by atoms with Crippen molar-refractivity contribution in [2.45, 2.75) is 64.8 Å². The predicted octanol–water partition coefficient (Wildman–Crippen LogP) is 3.26. The second-order valence-electron chi connectivity index (χ2n) is 7.03. The molecule has 106 valence electrons. The zero-order chi connectivity index (χ0) is 13.0. The standard InChI is InChI=1S/C16H32N2/c1-13(2)10-15-4-3-5-16(11-15)18-8-6-14(12-17)7-9-18/h13-16H,3-12,17H2,1-2H3. The highest BCUT2D eigenvalue weighted by Crippen LogP contribution is 2.33. The van der Waals surface area contributed by atoms with Gasteiger partial charge < -0.3 is 10.6 Å². The first kappa shape index (κ1) is 14.3. The van der Waals surface area contributed by atoms with Gasteiger partial charge in [0.1, 0.15) is 0 Å². The van der Waals surface area contributed by atoms with Crippen LogP contribution in [-0.2, 0) is 0 Å². The van der Waals surface area contributed by atoms with E-state index >= 15 is 0 Å². The van der Waals surface area contributed by atoms with E-state index in [9.17, 15) is 0 Å². The third kappa shape index (κ3) is 3.96. The molecule has 2 fully saturated rings. The molecule has 0 bridgehead atoms. The Hall–Kier alpha value is -0.0800. The first-order chi connectivity index (χ1) is 8.69. The maximum atomic E-state index is 5.79. The maximum absolute atomic E-state index is 5.79. The Morgan fingerprint density at radius 3 is 2.39 bits per heavy atom. The van der Waals surface area contributed by atoms with Crippen LogP contribution in [0.25, 0.3) is 0 Å². The summed E-state index contributed by atoms with van der Waals surface area (Å²) in [5.41, 5.74) is 5.79. The summed E-state index contributed by atoms with van der Waals surface area (Å²) in [6.07, 6.45) is 9.96. The molecule has 1 aliphatic carbocycles. The molecule has 1 saturated heterocycles. The molecule has 2 N–H and O–H groups in total. The summed E-state index contributed by atoms with van der Waals surface area (Å²) in [6, 6.07) is 0.890. The molecule has 2 rings (SSSR count). The van der Waals surface area contributed by atoms with E-state index in [1.165, 1.54) is 58.0 Å². The molecule has 2 atom stereocenters. The van der Waals surface area contributed by atoms with Gasteiger partial charge in [0.2, 0.25) is 0 Å². The average Bonchev–Trinajstić information content (AvgIpc) is 2.38. The number of likely N-dealkylation sites (tertiary alicyclic amines) is 1. The normalized spacial score (nSPS) is 32.0. The van der Waals surface area contributed by atoms with Crippen molar-refractivity contribution < 1.29 is 0 Å². The molecule has 0 radical (unpaired) electrons. The van der Waals surface area contributed by atoms with Gasteiger partial charge in [-0.1, -0.05) is 26.7 Å². The van der Waals surface area contributed by atoms with Gasteiger partial charge in [0.15, 0.2) is 0 Å². The van der Waals surface area contributed by atoms with Gasteiger partial charge in [0.25, 0.3) is 0 Å². The molecule has 0 spiro atoms. The summed E-state index contributed by atoms with van der Waals surface area (Å²) in [5.74, 6) is 2.67. The van der Waals surface area contributed by atoms with Crippen LogP contribution in [0.1, 0.15) is 58.8 Å².